The van der Waals surface area contributed by atoms with Crippen molar-refractivity contribution in [3.05, 3.63) is 34.9 Å². The molecule has 0 aliphatic carbocycles. The van der Waals surface area contributed by atoms with E-state index in [-0.39, 0.29) is 0 Å². The second-order valence-electron chi connectivity index (χ2n) is 6.07. The molecule has 1 aromatic rings. The van der Waals surface area contributed by atoms with E-state index in [1.165, 1.54) is 63.4 Å². The molecule has 2 heteroatoms. The standard InChI is InChI=1S/C19H32ClN/c1-3-4-5-6-7-8-9-10-12-18(16-21-2)17-13-11-14-19(20)15-17/h11,13-15,18,21H,3-10,12,16H2,1-2H3. The number of halogens is 1. The van der Waals surface area contributed by atoms with Crippen molar-refractivity contribution in [1.29, 1.82) is 0 Å². The monoisotopic (exact) mass is 309 g/mol. The summed E-state index contributed by atoms with van der Waals surface area (Å²) in [6.07, 6.45) is 12.3. The lowest BCUT2D eigenvalue weighted by Crippen LogP contribution is -2.17. The Labute approximate surface area is 136 Å². The second-order valence-corrected chi connectivity index (χ2v) is 6.51. The van der Waals surface area contributed by atoms with Gasteiger partial charge in [0.05, 0.1) is 0 Å². The first-order chi connectivity index (χ1) is 10.3. The minimum atomic E-state index is 0.591. The van der Waals surface area contributed by atoms with Crippen LogP contribution in [0, 0.1) is 0 Å². The van der Waals surface area contributed by atoms with Gasteiger partial charge in [-0.1, -0.05) is 82.0 Å². The van der Waals surface area contributed by atoms with Crippen molar-refractivity contribution < 1.29 is 0 Å². The van der Waals surface area contributed by atoms with E-state index in [0.717, 1.165) is 11.6 Å². The van der Waals surface area contributed by atoms with E-state index < -0.39 is 0 Å². The van der Waals surface area contributed by atoms with Crippen LogP contribution in [0.25, 0.3) is 0 Å². The molecule has 0 saturated heterocycles. The smallest absolute Gasteiger partial charge is 0.0408 e. The van der Waals surface area contributed by atoms with Gasteiger partial charge in [-0.25, -0.2) is 0 Å². The lowest BCUT2D eigenvalue weighted by atomic mass is 9.92. The molecule has 0 heterocycles. The Morgan fingerprint density at radius 2 is 1.67 bits per heavy atom. The fraction of sp³-hybridized carbons (Fsp3) is 0.684. The van der Waals surface area contributed by atoms with E-state index in [4.69, 9.17) is 11.6 Å². The maximum atomic E-state index is 6.11. The van der Waals surface area contributed by atoms with Crippen LogP contribution in [0.1, 0.15) is 76.2 Å². The fourth-order valence-corrected chi connectivity index (χ4v) is 3.12. The third-order valence-corrected chi connectivity index (χ3v) is 4.41. The van der Waals surface area contributed by atoms with Crippen molar-refractivity contribution in [2.45, 2.75) is 70.6 Å². The van der Waals surface area contributed by atoms with Crippen LogP contribution in [0.4, 0.5) is 0 Å². The summed E-state index contributed by atoms with van der Waals surface area (Å²) in [5.41, 5.74) is 1.37. The lowest BCUT2D eigenvalue weighted by Gasteiger charge is -2.17. The molecule has 1 unspecified atom stereocenters. The number of rotatable bonds is 12. The topological polar surface area (TPSA) is 12.0 Å². The van der Waals surface area contributed by atoms with Gasteiger partial charge in [-0.05, 0) is 37.1 Å². The van der Waals surface area contributed by atoms with Crippen molar-refractivity contribution in [2.24, 2.45) is 0 Å². The van der Waals surface area contributed by atoms with Gasteiger partial charge in [-0.2, -0.15) is 0 Å². The normalized spacial score (nSPS) is 12.5. The van der Waals surface area contributed by atoms with Gasteiger partial charge in [-0.15, -0.1) is 0 Å². The molecule has 0 amide bonds. The van der Waals surface area contributed by atoms with Crippen LogP contribution in [0.5, 0.6) is 0 Å². The summed E-state index contributed by atoms with van der Waals surface area (Å²) in [5, 5.41) is 4.17. The summed E-state index contributed by atoms with van der Waals surface area (Å²) >= 11 is 6.11. The van der Waals surface area contributed by atoms with Crippen LogP contribution in [0.2, 0.25) is 5.02 Å². The number of likely N-dealkylation sites (N-methyl/N-ethyl adjacent to an activating group) is 1. The Morgan fingerprint density at radius 3 is 2.29 bits per heavy atom. The Hall–Kier alpha value is -0.530. The third-order valence-electron chi connectivity index (χ3n) is 4.18. The van der Waals surface area contributed by atoms with E-state index in [0.29, 0.717) is 5.92 Å². The molecule has 0 spiro atoms. The molecule has 0 aromatic heterocycles. The summed E-state index contributed by atoms with van der Waals surface area (Å²) in [6.45, 7) is 3.31. The number of benzene rings is 1. The van der Waals surface area contributed by atoms with Crippen molar-refractivity contribution in [2.75, 3.05) is 13.6 Å². The molecule has 0 aliphatic rings. The molecule has 21 heavy (non-hydrogen) atoms. The predicted octanol–water partition coefficient (Wildman–Crippen LogP) is 6.17. The summed E-state index contributed by atoms with van der Waals surface area (Å²) in [7, 11) is 2.03. The molecule has 0 saturated carbocycles. The third kappa shape index (κ3) is 8.48. The van der Waals surface area contributed by atoms with Crippen molar-refractivity contribution >= 4 is 11.6 Å². The van der Waals surface area contributed by atoms with E-state index in [2.05, 4.69) is 30.4 Å². The minimum Gasteiger partial charge on any atom is -0.319 e. The number of nitrogens with one attached hydrogen (secondary N) is 1. The van der Waals surface area contributed by atoms with Gasteiger partial charge in [0, 0.05) is 11.6 Å². The van der Waals surface area contributed by atoms with E-state index >= 15 is 0 Å². The molecule has 1 rings (SSSR count). The lowest BCUT2D eigenvalue weighted by molar-refractivity contribution is 0.516. The average molecular weight is 310 g/mol. The zero-order valence-electron chi connectivity index (χ0n) is 13.8. The molecule has 0 aliphatic heterocycles. The van der Waals surface area contributed by atoms with E-state index in [1.807, 2.05) is 13.1 Å². The molecule has 1 aromatic carbocycles. The molecule has 0 fully saturated rings. The van der Waals surface area contributed by atoms with Crippen molar-refractivity contribution in [3.63, 3.8) is 0 Å². The van der Waals surface area contributed by atoms with Gasteiger partial charge in [0.1, 0.15) is 0 Å². The van der Waals surface area contributed by atoms with Gasteiger partial charge < -0.3 is 5.32 Å². The molecular weight excluding hydrogens is 278 g/mol. The zero-order valence-corrected chi connectivity index (χ0v) is 14.6. The van der Waals surface area contributed by atoms with Gasteiger partial charge in [0.15, 0.2) is 0 Å². The molecule has 0 bridgehead atoms. The van der Waals surface area contributed by atoms with E-state index in [1.54, 1.807) is 0 Å². The highest BCUT2D eigenvalue weighted by molar-refractivity contribution is 6.30. The molecule has 1 nitrogen and oxygen atoms in total. The van der Waals surface area contributed by atoms with Crippen LogP contribution in [0.3, 0.4) is 0 Å². The largest absolute Gasteiger partial charge is 0.319 e. The maximum absolute atomic E-state index is 6.11. The highest BCUT2D eigenvalue weighted by atomic mass is 35.5. The van der Waals surface area contributed by atoms with Gasteiger partial charge in [0.2, 0.25) is 0 Å². The first-order valence-corrected chi connectivity index (χ1v) is 9.05. The number of unbranched alkanes of at least 4 members (excludes halogenated alkanes) is 7. The van der Waals surface area contributed by atoms with Crippen LogP contribution in [-0.4, -0.2) is 13.6 Å². The number of hydrogen-bond donors (Lipinski definition) is 1. The summed E-state index contributed by atoms with van der Waals surface area (Å²) in [5.74, 6) is 0.591. The van der Waals surface area contributed by atoms with Gasteiger partial charge >= 0.3 is 0 Å². The minimum absolute atomic E-state index is 0.591. The van der Waals surface area contributed by atoms with E-state index in [9.17, 15) is 0 Å². The van der Waals surface area contributed by atoms with Crippen LogP contribution in [0.15, 0.2) is 24.3 Å². The summed E-state index contributed by atoms with van der Waals surface area (Å²) in [6, 6.07) is 8.35. The summed E-state index contributed by atoms with van der Waals surface area (Å²) < 4.78 is 0. The Bertz CT molecular complexity index is 364. The van der Waals surface area contributed by atoms with Crippen molar-refractivity contribution in [3.8, 4) is 0 Å². The molecule has 1 atom stereocenters. The van der Waals surface area contributed by atoms with Crippen LogP contribution >= 0.6 is 11.6 Å². The molecule has 120 valence electrons. The maximum Gasteiger partial charge on any atom is 0.0408 e. The predicted molar refractivity (Wildman–Crippen MR) is 95.3 cm³/mol. The Balaban J connectivity index is 2.23. The quantitative estimate of drug-likeness (QED) is 0.455. The SMILES string of the molecule is CCCCCCCCCCC(CNC)c1cccc(Cl)c1. The highest BCUT2D eigenvalue weighted by Gasteiger charge is 2.10. The van der Waals surface area contributed by atoms with Crippen molar-refractivity contribution in [1.82, 2.24) is 5.32 Å². The number of hydrogen-bond acceptors (Lipinski definition) is 1. The highest BCUT2D eigenvalue weighted by Crippen LogP contribution is 2.24. The van der Waals surface area contributed by atoms with Gasteiger partial charge in [0.25, 0.3) is 0 Å². The average Bonchev–Trinajstić information content (AvgIpc) is 2.49. The van der Waals surface area contributed by atoms with Gasteiger partial charge in [-0.3, -0.25) is 0 Å². The molecule has 0 radical (unpaired) electrons. The Morgan fingerprint density at radius 1 is 1.00 bits per heavy atom. The summed E-state index contributed by atoms with van der Waals surface area (Å²) in [4.78, 5) is 0. The fourth-order valence-electron chi connectivity index (χ4n) is 2.92. The van der Waals surface area contributed by atoms with Crippen LogP contribution < -0.4 is 5.32 Å². The molecular formula is C19H32ClN. The Kier molecular flexibility index (Phi) is 10.6. The molecule has 1 N–H and O–H groups in total. The zero-order chi connectivity index (χ0) is 15.3. The first kappa shape index (κ1) is 18.5. The first-order valence-electron chi connectivity index (χ1n) is 8.68. The van der Waals surface area contributed by atoms with Crippen LogP contribution in [-0.2, 0) is 0 Å². The second kappa shape index (κ2) is 12.1.